The minimum absolute atomic E-state index is 0.392. The van der Waals surface area contributed by atoms with Crippen molar-refractivity contribution in [2.75, 3.05) is 21.3 Å². The van der Waals surface area contributed by atoms with Gasteiger partial charge in [0.1, 0.15) is 11.1 Å². The van der Waals surface area contributed by atoms with Gasteiger partial charge in [0, 0.05) is 14.2 Å². The van der Waals surface area contributed by atoms with Gasteiger partial charge in [-0.25, -0.2) is 0 Å². The molecule has 3 rings (SSSR count). The predicted molar refractivity (Wildman–Crippen MR) is 110 cm³/mol. The number of rotatable bonds is 6. The normalized spacial score (nSPS) is 11.1. The van der Waals surface area contributed by atoms with Gasteiger partial charge in [0.2, 0.25) is 0 Å². The summed E-state index contributed by atoms with van der Waals surface area (Å²) in [6.07, 6.45) is 1.79. The van der Waals surface area contributed by atoms with E-state index in [1.54, 1.807) is 13.2 Å². The molecule has 0 fully saturated rings. The molecule has 0 atom stereocenters. The molecule has 0 aliphatic carbocycles. The third-order valence-electron chi connectivity index (χ3n) is 4.25. The van der Waals surface area contributed by atoms with Crippen LogP contribution in [-0.4, -0.2) is 21.3 Å². The van der Waals surface area contributed by atoms with Crippen LogP contribution in [0.4, 0.5) is 0 Å². The van der Waals surface area contributed by atoms with Gasteiger partial charge in [-0.05, 0) is 46.2 Å². The first-order chi connectivity index (χ1) is 13.1. The van der Waals surface area contributed by atoms with Crippen LogP contribution < -0.4 is 4.74 Å². The summed E-state index contributed by atoms with van der Waals surface area (Å²) in [5, 5.41) is 2.55. The molecule has 0 aliphatic rings. The molecule has 0 aromatic heterocycles. The lowest BCUT2D eigenvalue weighted by molar-refractivity contribution is 0.288. The summed E-state index contributed by atoms with van der Waals surface area (Å²) in [4.78, 5) is 0. The maximum Gasteiger partial charge on any atom is 0.369 e. The molecule has 0 aliphatic heterocycles. The summed E-state index contributed by atoms with van der Waals surface area (Å²) in [5.41, 5.74) is 4.81. The lowest BCUT2D eigenvalue weighted by Crippen LogP contribution is -1.92. The van der Waals surface area contributed by atoms with E-state index in [0.717, 1.165) is 27.6 Å². The Morgan fingerprint density at radius 2 is 1.56 bits per heavy atom. The molecule has 0 saturated heterocycles. The second-order valence-corrected chi connectivity index (χ2v) is 8.01. The van der Waals surface area contributed by atoms with Gasteiger partial charge in [-0.1, -0.05) is 48.5 Å². The predicted octanol–water partition coefficient (Wildman–Crippen LogP) is 5.99. The average molecular weight is 380 g/mol. The molecule has 0 N–H and O–H groups in total. The molecule has 3 aromatic rings. The van der Waals surface area contributed by atoms with Crippen LogP contribution in [0.15, 0.2) is 72.5 Å². The minimum atomic E-state index is -3.45. The van der Waals surface area contributed by atoms with Crippen molar-refractivity contribution < 1.29 is 18.3 Å². The van der Waals surface area contributed by atoms with E-state index in [-0.39, 0.29) is 0 Å². The summed E-state index contributed by atoms with van der Waals surface area (Å²) in [7, 11) is 0.946. The van der Waals surface area contributed by atoms with Crippen molar-refractivity contribution in [3.8, 4) is 5.75 Å². The van der Waals surface area contributed by atoms with Crippen LogP contribution in [0.5, 0.6) is 5.75 Å². The lowest BCUT2D eigenvalue weighted by atomic mass is 10.1. The number of hydrogen-bond donors (Lipinski definition) is 0. The van der Waals surface area contributed by atoms with Gasteiger partial charge in [-0.3, -0.25) is 4.57 Å². The quantitative estimate of drug-likeness (QED) is 0.389. The molecular weight excluding hydrogens is 359 g/mol. The molecule has 5 heteroatoms. The Morgan fingerprint density at radius 1 is 0.889 bits per heavy atom. The first kappa shape index (κ1) is 19.2. The molecule has 4 nitrogen and oxygen atoms in total. The van der Waals surface area contributed by atoms with E-state index in [2.05, 4.69) is 5.73 Å². The van der Waals surface area contributed by atoms with Crippen LogP contribution in [0.25, 0.3) is 22.2 Å². The Balaban J connectivity index is 2.10. The zero-order valence-corrected chi connectivity index (χ0v) is 16.4. The highest BCUT2D eigenvalue weighted by Gasteiger charge is 2.28. The zero-order chi connectivity index (χ0) is 19.3. The number of hydrogen-bond acceptors (Lipinski definition) is 4. The summed E-state index contributed by atoms with van der Waals surface area (Å²) < 4.78 is 28.6. The molecule has 0 bridgehead atoms. The highest BCUT2D eigenvalue weighted by atomic mass is 31.2. The number of benzene rings is 3. The smallest absolute Gasteiger partial charge is 0.369 e. The van der Waals surface area contributed by atoms with Gasteiger partial charge in [0.25, 0.3) is 0 Å². The Morgan fingerprint density at radius 3 is 2.22 bits per heavy atom. The molecule has 27 heavy (non-hydrogen) atoms. The molecule has 0 spiro atoms. The van der Waals surface area contributed by atoms with E-state index in [1.807, 2.05) is 66.7 Å². The van der Waals surface area contributed by atoms with Crippen LogP contribution in [0.2, 0.25) is 0 Å². The maximum absolute atomic E-state index is 13.0. The standard InChI is InChI=1S/C22H21O4P/c1-24-21-13-12-19-15-17(9-11-20(19)16-21)10-14-22(27(23,25-2)26-3)18-7-5-4-6-8-18/h4-13,15-16H,1-3H3. The summed E-state index contributed by atoms with van der Waals surface area (Å²) >= 11 is 0. The molecule has 0 radical (unpaired) electrons. The highest BCUT2D eigenvalue weighted by molar-refractivity contribution is 7.65. The van der Waals surface area contributed by atoms with E-state index in [0.29, 0.717) is 5.31 Å². The van der Waals surface area contributed by atoms with Crippen molar-refractivity contribution in [3.05, 3.63) is 83.6 Å². The monoisotopic (exact) mass is 380 g/mol. The number of ether oxygens (including phenoxy) is 1. The third-order valence-corrected chi connectivity index (χ3v) is 6.15. The molecule has 3 aromatic carbocycles. The molecular formula is C22H21O4P. The molecule has 0 unspecified atom stereocenters. The summed E-state index contributed by atoms with van der Waals surface area (Å²) in [5.74, 6) is 0.818. The first-order valence-corrected chi connectivity index (χ1v) is 9.96. The van der Waals surface area contributed by atoms with Gasteiger partial charge < -0.3 is 13.8 Å². The van der Waals surface area contributed by atoms with E-state index in [1.165, 1.54) is 14.2 Å². The Bertz CT molecular complexity index is 1040. The van der Waals surface area contributed by atoms with Crippen molar-refractivity contribution in [3.63, 3.8) is 0 Å². The Kier molecular flexibility index (Phi) is 5.95. The number of fused-ring (bicyclic) bond motifs is 1. The lowest BCUT2D eigenvalue weighted by Gasteiger charge is -2.15. The molecule has 0 heterocycles. The average Bonchev–Trinajstić information content (AvgIpc) is 2.73. The van der Waals surface area contributed by atoms with Crippen molar-refractivity contribution >= 4 is 29.8 Å². The van der Waals surface area contributed by atoms with E-state index >= 15 is 0 Å². The number of methoxy groups -OCH3 is 1. The van der Waals surface area contributed by atoms with E-state index in [9.17, 15) is 4.57 Å². The van der Waals surface area contributed by atoms with E-state index in [4.69, 9.17) is 13.8 Å². The zero-order valence-electron chi connectivity index (χ0n) is 15.5. The van der Waals surface area contributed by atoms with Crippen molar-refractivity contribution in [2.45, 2.75) is 0 Å². The molecule has 0 amide bonds. The largest absolute Gasteiger partial charge is 0.497 e. The van der Waals surface area contributed by atoms with Gasteiger partial charge in [0.15, 0.2) is 0 Å². The second kappa shape index (κ2) is 8.39. The summed E-state index contributed by atoms with van der Waals surface area (Å²) in [6, 6.07) is 21.3. The van der Waals surface area contributed by atoms with Crippen LogP contribution in [-0.2, 0) is 13.6 Å². The Labute approximate surface area is 159 Å². The fourth-order valence-corrected chi connectivity index (χ4v) is 3.99. The van der Waals surface area contributed by atoms with Crippen LogP contribution >= 0.6 is 7.60 Å². The highest BCUT2D eigenvalue weighted by Crippen LogP contribution is 2.58. The van der Waals surface area contributed by atoms with Gasteiger partial charge in [-0.2, -0.15) is 0 Å². The summed E-state index contributed by atoms with van der Waals surface area (Å²) in [6.45, 7) is 0. The fraction of sp³-hybridized carbons (Fsp3) is 0.136. The SMILES string of the molecule is COc1ccc2cc(C=C=C(c3ccccc3)P(=O)(OC)OC)ccc2c1. The van der Waals surface area contributed by atoms with Crippen LogP contribution in [0.3, 0.4) is 0 Å². The van der Waals surface area contributed by atoms with Crippen LogP contribution in [0.1, 0.15) is 11.1 Å². The molecule has 0 saturated carbocycles. The minimum Gasteiger partial charge on any atom is -0.497 e. The van der Waals surface area contributed by atoms with Gasteiger partial charge in [0.05, 0.1) is 7.11 Å². The van der Waals surface area contributed by atoms with E-state index < -0.39 is 7.60 Å². The maximum atomic E-state index is 13.0. The second-order valence-electron chi connectivity index (χ2n) is 5.84. The topological polar surface area (TPSA) is 44.8 Å². The van der Waals surface area contributed by atoms with Crippen LogP contribution in [0, 0.1) is 0 Å². The first-order valence-electron chi connectivity index (χ1n) is 8.41. The van der Waals surface area contributed by atoms with Gasteiger partial charge >= 0.3 is 7.60 Å². The van der Waals surface area contributed by atoms with Crippen molar-refractivity contribution in [1.29, 1.82) is 0 Å². The fourth-order valence-electron chi connectivity index (χ4n) is 2.78. The van der Waals surface area contributed by atoms with Crippen molar-refractivity contribution in [2.24, 2.45) is 0 Å². The molecule has 138 valence electrons. The Hall–Kier alpha value is -2.61. The third kappa shape index (κ3) is 4.21. The van der Waals surface area contributed by atoms with Crippen molar-refractivity contribution in [1.82, 2.24) is 0 Å². The van der Waals surface area contributed by atoms with Gasteiger partial charge in [-0.15, -0.1) is 5.73 Å².